The minimum Gasteiger partial charge on any atom is -0.307 e. The van der Waals surface area contributed by atoms with Gasteiger partial charge in [0.2, 0.25) is 0 Å². The van der Waals surface area contributed by atoms with Crippen LogP contribution in [0.2, 0.25) is 0 Å². The van der Waals surface area contributed by atoms with Gasteiger partial charge in [0.1, 0.15) is 0 Å². The predicted molar refractivity (Wildman–Crippen MR) is 61.7 cm³/mol. The van der Waals surface area contributed by atoms with Gasteiger partial charge in [0.05, 0.1) is 6.54 Å². The Morgan fingerprint density at radius 3 is 2.75 bits per heavy atom. The van der Waals surface area contributed by atoms with Crippen LogP contribution in [0.25, 0.3) is 0 Å². The first kappa shape index (κ1) is 11.5. The SMILES string of the molecule is CCCC1CCC(NCc2nn[nH]n2)CC1. The molecule has 1 heterocycles. The molecular weight excluding hydrogens is 202 g/mol. The van der Waals surface area contributed by atoms with Gasteiger partial charge in [-0.05, 0) is 31.6 Å². The molecule has 5 nitrogen and oxygen atoms in total. The van der Waals surface area contributed by atoms with Crippen molar-refractivity contribution in [2.75, 3.05) is 0 Å². The highest BCUT2D eigenvalue weighted by molar-refractivity contribution is 4.81. The van der Waals surface area contributed by atoms with E-state index in [-0.39, 0.29) is 0 Å². The molecule has 0 amide bonds. The van der Waals surface area contributed by atoms with Crippen LogP contribution in [-0.2, 0) is 6.54 Å². The molecule has 16 heavy (non-hydrogen) atoms. The van der Waals surface area contributed by atoms with Crippen molar-refractivity contribution in [1.82, 2.24) is 25.9 Å². The number of nitrogens with zero attached hydrogens (tertiary/aromatic N) is 3. The maximum atomic E-state index is 3.94. The Morgan fingerprint density at radius 2 is 2.12 bits per heavy atom. The number of aromatic amines is 1. The lowest BCUT2D eigenvalue weighted by molar-refractivity contribution is 0.276. The molecule has 2 N–H and O–H groups in total. The zero-order chi connectivity index (χ0) is 11.2. The van der Waals surface area contributed by atoms with Crippen molar-refractivity contribution in [2.24, 2.45) is 5.92 Å². The Balaban J connectivity index is 1.65. The third kappa shape index (κ3) is 3.27. The summed E-state index contributed by atoms with van der Waals surface area (Å²) in [5.41, 5.74) is 0. The van der Waals surface area contributed by atoms with E-state index in [2.05, 4.69) is 32.9 Å². The van der Waals surface area contributed by atoms with Gasteiger partial charge < -0.3 is 5.32 Å². The van der Waals surface area contributed by atoms with E-state index >= 15 is 0 Å². The predicted octanol–water partition coefficient (Wildman–Crippen LogP) is 1.65. The summed E-state index contributed by atoms with van der Waals surface area (Å²) in [7, 11) is 0. The van der Waals surface area contributed by atoms with E-state index in [1.165, 1.54) is 38.5 Å². The van der Waals surface area contributed by atoms with E-state index in [1.807, 2.05) is 0 Å². The van der Waals surface area contributed by atoms with Crippen molar-refractivity contribution in [3.8, 4) is 0 Å². The Morgan fingerprint density at radius 1 is 1.31 bits per heavy atom. The zero-order valence-corrected chi connectivity index (χ0v) is 9.95. The van der Waals surface area contributed by atoms with E-state index in [4.69, 9.17) is 0 Å². The normalized spacial score (nSPS) is 25.8. The topological polar surface area (TPSA) is 66.5 Å². The van der Waals surface area contributed by atoms with Gasteiger partial charge in [-0.1, -0.05) is 25.0 Å². The molecule has 2 rings (SSSR count). The minimum absolute atomic E-state index is 0.645. The molecule has 0 bridgehead atoms. The van der Waals surface area contributed by atoms with Crippen LogP contribution in [-0.4, -0.2) is 26.7 Å². The average molecular weight is 223 g/mol. The first-order valence-electron chi connectivity index (χ1n) is 6.34. The third-order valence-corrected chi connectivity index (χ3v) is 3.48. The smallest absolute Gasteiger partial charge is 0.188 e. The standard InChI is InChI=1S/C11H21N5/c1-2-3-9-4-6-10(7-5-9)12-8-11-13-15-16-14-11/h9-10,12H,2-8H2,1H3,(H,13,14,15,16). The van der Waals surface area contributed by atoms with Gasteiger partial charge in [-0.15, -0.1) is 10.2 Å². The number of tetrazole rings is 1. The number of hydrogen-bond acceptors (Lipinski definition) is 4. The lowest BCUT2D eigenvalue weighted by atomic mass is 9.83. The van der Waals surface area contributed by atoms with Gasteiger partial charge in [0.15, 0.2) is 5.82 Å². The molecule has 0 radical (unpaired) electrons. The summed E-state index contributed by atoms with van der Waals surface area (Å²) in [5.74, 6) is 1.73. The second kappa shape index (κ2) is 5.94. The van der Waals surface area contributed by atoms with Crippen molar-refractivity contribution in [3.63, 3.8) is 0 Å². The van der Waals surface area contributed by atoms with Gasteiger partial charge in [-0.25, -0.2) is 0 Å². The molecule has 0 aliphatic heterocycles. The first-order chi connectivity index (χ1) is 7.88. The minimum atomic E-state index is 0.645. The number of aromatic nitrogens is 4. The summed E-state index contributed by atoms with van der Waals surface area (Å²) < 4.78 is 0. The van der Waals surface area contributed by atoms with Crippen LogP contribution in [0.3, 0.4) is 0 Å². The molecule has 0 saturated heterocycles. The Kier molecular flexibility index (Phi) is 4.27. The maximum Gasteiger partial charge on any atom is 0.188 e. The van der Waals surface area contributed by atoms with E-state index in [0.29, 0.717) is 6.04 Å². The molecule has 0 unspecified atom stereocenters. The van der Waals surface area contributed by atoms with E-state index in [1.54, 1.807) is 0 Å². The molecule has 0 spiro atoms. The second-order valence-corrected chi connectivity index (χ2v) is 4.72. The first-order valence-corrected chi connectivity index (χ1v) is 6.34. The molecule has 90 valence electrons. The van der Waals surface area contributed by atoms with E-state index in [0.717, 1.165) is 18.3 Å². The molecule has 1 aliphatic rings. The van der Waals surface area contributed by atoms with Gasteiger partial charge in [0, 0.05) is 6.04 Å². The summed E-state index contributed by atoms with van der Waals surface area (Å²) in [6, 6.07) is 0.645. The highest BCUT2D eigenvalue weighted by Gasteiger charge is 2.20. The van der Waals surface area contributed by atoms with Crippen molar-refractivity contribution < 1.29 is 0 Å². The molecule has 0 aromatic carbocycles. The number of H-pyrrole nitrogens is 1. The molecule has 1 aliphatic carbocycles. The quantitative estimate of drug-likeness (QED) is 0.796. The van der Waals surface area contributed by atoms with Crippen LogP contribution in [0.15, 0.2) is 0 Å². The lowest BCUT2D eigenvalue weighted by Crippen LogP contribution is -2.33. The molecule has 1 aromatic rings. The van der Waals surface area contributed by atoms with Crippen LogP contribution < -0.4 is 5.32 Å². The number of nitrogens with one attached hydrogen (secondary N) is 2. The average Bonchev–Trinajstić information content (AvgIpc) is 2.82. The second-order valence-electron chi connectivity index (χ2n) is 4.72. The fourth-order valence-electron chi connectivity index (χ4n) is 2.56. The molecule has 1 fully saturated rings. The molecular formula is C11H21N5. The van der Waals surface area contributed by atoms with Crippen LogP contribution >= 0.6 is 0 Å². The summed E-state index contributed by atoms with van der Waals surface area (Å²) in [5, 5.41) is 17.4. The Bertz CT molecular complexity index is 277. The molecule has 0 atom stereocenters. The molecule has 1 aromatic heterocycles. The summed E-state index contributed by atoms with van der Waals surface area (Å²) >= 11 is 0. The third-order valence-electron chi connectivity index (χ3n) is 3.48. The summed E-state index contributed by atoms with van der Waals surface area (Å²) in [4.78, 5) is 0. The number of hydrogen-bond donors (Lipinski definition) is 2. The fraction of sp³-hybridized carbons (Fsp3) is 0.909. The van der Waals surface area contributed by atoms with Crippen LogP contribution in [0.1, 0.15) is 51.3 Å². The van der Waals surface area contributed by atoms with Crippen molar-refractivity contribution >= 4 is 0 Å². The molecule has 5 heteroatoms. The van der Waals surface area contributed by atoms with Gasteiger partial charge in [-0.3, -0.25) is 0 Å². The van der Waals surface area contributed by atoms with Gasteiger partial charge in [-0.2, -0.15) is 5.21 Å². The number of rotatable bonds is 5. The van der Waals surface area contributed by atoms with Crippen LogP contribution in [0.5, 0.6) is 0 Å². The van der Waals surface area contributed by atoms with E-state index < -0.39 is 0 Å². The lowest BCUT2D eigenvalue weighted by Gasteiger charge is -2.28. The fourth-order valence-corrected chi connectivity index (χ4v) is 2.56. The van der Waals surface area contributed by atoms with Crippen molar-refractivity contribution in [2.45, 2.75) is 58.0 Å². The zero-order valence-electron chi connectivity index (χ0n) is 9.95. The van der Waals surface area contributed by atoms with Crippen molar-refractivity contribution in [1.29, 1.82) is 0 Å². The molecule has 1 saturated carbocycles. The van der Waals surface area contributed by atoms with E-state index in [9.17, 15) is 0 Å². The van der Waals surface area contributed by atoms with Crippen LogP contribution in [0.4, 0.5) is 0 Å². The van der Waals surface area contributed by atoms with Gasteiger partial charge in [0.25, 0.3) is 0 Å². The highest BCUT2D eigenvalue weighted by atomic mass is 15.5. The Hall–Kier alpha value is -0.970. The maximum absolute atomic E-state index is 3.94. The van der Waals surface area contributed by atoms with Crippen molar-refractivity contribution in [3.05, 3.63) is 5.82 Å². The Labute approximate surface area is 96.4 Å². The van der Waals surface area contributed by atoms with Crippen LogP contribution in [0, 0.1) is 5.92 Å². The largest absolute Gasteiger partial charge is 0.307 e. The summed E-state index contributed by atoms with van der Waals surface area (Å²) in [6.45, 7) is 3.01. The highest BCUT2D eigenvalue weighted by Crippen LogP contribution is 2.27. The van der Waals surface area contributed by atoms with Gasteiger partial charge >= 0.3 is 0 Å². The monoisotopic (exact) mass is 223 g/mol. The summed E-state index contributed by atoms with van der Waals surface area (Å²) in [6.07, 6.45) is 8.06.